The van der Waals surface area contributed by atoms with Crippen molar-refractivity contribution in [3.63, 3.8) is 0 Å². The maximum absolute atomic E-state index is 10.6. The predicted octanol–water partition coefficient (Wildman–Crippen LogP) is 4.82. The van der Waals surface area contributed by atoms with E-state index in [0.717, 1.165) is 22.8 Å². The van der Waals surface area contributed by atoms with Gasteiger partial charge in [-0.3, -0.25) is 0 Å². The van der Waals surface area contributed by atoms with Crippen molar-refractivity contribution in [2.45, 2.75) is 13.3 Å². The van der Waals surface area contributed by atoms with Gasteiger partial charge >= 0.3 is 0 Å². The Hall–Kier alpha value is -2.59. The van der Waals surface area contributed by atoms with Crippen LogP contribution in [-0.4, -0.2) is 17.9 Å². The summed E-state index contributed by atoms with van der Waals surface area (Å²) in [7, 11) is 0. The number of fused-ring (bicyclic) bond motifs is 1. The van der Waals surface area contributed by atoms with Crippen LogP contribution in [0.3, 0.4) is 0 Å². The number of halogens is 1. The lowest BCUT2D eigenvalue weighted by Gasteiger charge is -2.10. The highest BCUT2D eigenvalue weighted by atomic mass is 35.5. The van der Waals surface area contributed by atoms with Gasteiger partial charge in [0.25, 0.3) is 0 Å². The number of rotatable bonds is 6. The lowest BCUT2D eigenvalue weighted by atomic mass is 10.1. The van der Waals surface area contributed by atoms with E-state index in [-0.39, 0.29) is 0 Å². The van der Waals surface area contributed by atoms with Crippen LogP contribution in [0.5, 0.6) is 17.4 Å². The molecule has 0 aliphatic carbocycles. The number of nitrogens with zero attached hydrogens (tertiary/aromatic N) is 1. The molecule has 0 unspecified atom stereocenters. The van der Waals surface area contributed by atoms with Crippen molar-refractivity contribution in [1.82, 2.24) is 4.98 Å². The van der Waals surface area contributed by atoms with Crippen LogP contribution in [0, 0.1) is 0 Å². The van der Waals surface area contributed by atoms with Crippen LogP contribution < -0.4 is 9.47 Å². The van der Waals surface area contributed by atoms with Crippen LogP contribution in [0.4, 0.5) is 0 Å². The Morgan fingerprint density at radius 3 is 2.75 bits per heavy atom. The van der Waals surface area contributed by atoms with Crippen LogP contribution in [-0.2, 0) is 11.2 Å². The Morgan fingerprint density at radius 1 is 1.12 bits per heavy atom. The minimum atomic E-state index is 0.399. The van der Waals surface area contributed by atoms with E-state index in [1.54, 1.807) is 24.3 Å². The summed E-state index contributed by atoms with van der Waals surface area (Å²) in [5, 5.41) is 1.42. The molecule has 1 aromatic heterocycles. The number of hydrogen-bond donors (Lipinski definition) is 0. The van der Waals surface area contributed by atoms with Crippen LogP contribution in [0.2, 0.25) is 5.02 Å². The third-order valence-corrected chi connectivity index (χ3v) is 3.77. The average molecular weight is 342 g/mol. The Kier molecular flexibility index (Phi) is 4.96. The summed E-state index contributed by atoms with van der Waals surface area (Å²) >= 11 is 6.22. The summed E-state index contributed by atoms with van der Waals surface area (Å²) < 4.78 is 11.2. The van der Waals surface area contributed by atoms with Crippen molar-refractivity contribution < 1.29 is 14.3 Å². The van der Waals surface area contributed by atoms with Crippen LogP contribution in [0.1, 0.15) is 12.5 Å². The maximum atomic E-state index is 10.6. The van der Waals surface area contributed by atoms with Gasteiger partial charge in [-0.05, 0) is 42.8 Å². The fourth-order valence-corrected chi connectivity index (χ4v) is 2.58. The average Bonchev–Trinajstić information content (AvgIpc) is 2.58. The van der Waals surface area contributed by atoms with Crippen LogP contribution in [0.25, 0.3) is 10.9 Å². The largest absolute Gasteiger partial charge is 0.494 e. The van der Waals surface area contributed by atoms with Gasteiger partial charge in [-0.1, -0.05) is 17.7 Å². The molecule has 4 nitrogen and oxygen atoms in total. The highest BCUT2D eigenvalue weighted by Crippen LogP contribution is 2.32. The second-order valence-electron chi connectivity index (χ2n) is 5.17. The molecule has 0 saturated heterocycles. The molecule has 0 radical (unpaired) electrons. The summed E-state index contributed by atoms with van der Waals surface area (Å²) in [4.78, 5) is 15.1. The fraction of sp³-hybridized carbons (Fsp3) is 0.158. The zero-order valence-corrected chi connectivity index (χ0v) is 13.9. The number of aromatic nitrogens is 1. The first kappa shape index (κ1) is 16.3. The number of pyridine rings is 1. The molecular formula is C19H16ClNO3. The second kappa shape index (κ2) is 7.32. The zero-order chi connectivity index (χ0) is 16.9. The molecule has 2 aromatic carbocycles. The van der Waals surface area contributed by atoms with Gasteiger partial charge in [0, 0.05) is 23.9 Å². The van der Waals surface area contributed by atoms with Gasteiger partial charge in [0.05, 0.1) is 17.1 Å². The summed E-state index contributed by atoms with van der Waals surface area (Å²) in [6, 6.07) is 14.7. The van der Waals surface area contributed by atoms with Gasteiger partial charge in [-0.15, -0.1) is 0 Å². The fourth-order valence-electron chi connectivity index (χ4n) is 2.37. The van der Waals surface area contributed by atoms with Crippen molar-refractivity contribution in [3.8, 4) is 17.4 Å². The van der Waals surface area contributed by atoms with Crippen molar-refractivity contribution in [2.24, 2.45) is 0 Å². The second-order valence-corrected chi connectivity index (χ2v) is 5.58. The topological polar surface area (TPSA) is 48.4 Å². The molecule has 3 rings (SSSR count). The first-order chi connectivity index (χ1) is 11.7. The molecule has 0 amide bonds. The Morgan fingerprint density at radius 2 is 2.00 bits per heavy atom. The predicted molar refractivity (Wildman–Crippen MR) is 94.2 cm³/mol. The third-order valence-electron chi connectivity index (χ3n) is 3.48. The van der Waals surface area contributed by atoms with Gasteiger partial charge in [-0.2, -0.15) is 0 Å². The number of ether oxygens (including phenoxy) is 2. The summed E-state index contributed by atoms with van der Waals surface area (Å²) in [5.41, 5.74) is 1.76. The van der Waals surface area contributed by atoms with E-state index in [9.17, 15) is 4.79 Å². The van der Waals surface area contributed by atoms with Crippen LogP contribution in [0.15, 0.2) is 48.5 Å². The molecule has 0 aliphatic rings. The molecule has 3 aromatic rings. The lowest BCUT2D eigenvalue weighted by molar-refractivity contribution is -0.107. The Bertz CT molecular complexity index is 880. The first-order valence-corrected chi connectivity index (χ1v) is 8.01. The van der Waals surface area contributed by atoms with Gasteiger partial charge in [0.2, 0.25) is 5.88 Å². The molecule has 24 heavy (non-hydrogen) atoms. The van der Waals surface area contributed by atoms with Gasteiger partial charge in [-0.25, -0.2) is 4.98 Å². The molecule has 1 heterocycles. The van der Waals surface area contributed by atoms with E-state index >= 15 is 0 Å². The van der Waals surface area contributed by atoms with Gasteiger partial charge in [0.15, 0.2) is 0 Å². The lowest BCUT2D eigenvalue weighted by Crippen LogP contribution is -1.93. The molecule has 0 aliphatic heterocycles. The monoisotopic (exact) mass is 341 g/mol. The Balaban J connectivity index is 1.85. The molecule has 0 N–H and O–H groups in total. The van der Waals surface area contributed by atoms with Crippen molar-refractivity contribution in [2.75, 3.05) is 6.61 Å². The van der Waals surface area contributed by atoms with Crippen LogP contribution >= 0.6 is 11.6 Å². The van der Waals surface area contributed by atoms with E-state index < -0.39 is 0 Å². The molecule has 122 valence electrons. The standard InChI is InChI=1S/C19H16ClNO3/c1-2-23-15-5-7-18(16(20)12-15)24-19-8-4-14-11-13(9-10-22)3-6-17(14)21-19/h3-8,10-12H,2,9H2,1H3. The molecule has 0 bridgehead atoms. The molecule has 0 spiro atoms. The highest BCUT2D eigenvalue weighted by Gasteiger charge is 2.07. The van der Waals surface area contributed by atoms with E-state index in [2.05, 4.69) is 4.98 Å². The van der Waals surface area contributed by atoms with E-state index in [4.69, 9.17) is 21.1 Å². The van der Waals surface area contributed by atoms with E-state index in [1.807, 2.05) is 31.2 Å². The number of carbonyl (C=O) groups is 1. The van der Waals surface area contributed by atoms with Crippen molar-refractivity contribution in [1.29, 1.82) is 0 Å². The van der Waals surface area contributed by atoms with Crippen molar-refractivity contribution >= 4 is 28.8 Å². The zero-order valence-electron chi connectivity index (χ0n) is 13.2. The quantitative estimate of drug-likeness (QED) is 0.603. The minimum Gasteiger partial charge on any atom is -0.494 e. The number of aldehydes is 1. The van der Waals surface area contributed by atoms with E-state index in [0.29, 0.717) is 35.4 Å². The Labute approximate surface area is 145 Å². The highest BCUT2D eigenvalue weighted by molar-refractivity contribution is 6.32. The van der Waals surface area contributed by atoms with Crippen molar-refractivity contribution in [3.05, 3.63) is 59.1 Å². The number of benzene rings is 2. The normalized spacial score (nSPS) is 10.6. The summed E-state index contributed by atoms with van der Waals surface area (Å²) in [6.07, 6.45) is 1.29. The van der Waals surface area contributed by atoms with Gasteiger partial charge < -0.3 is 14.3 Å². The number of carbonyl (C=O) groups excluding carboxylic acids is 1. The van der Waals surface area contributed by atoms with Gasteiger partial charge in [0.1, 0.15) is 17.8 Å². The first-order valence-electron chi connectivity index (χ1n) is 7.63. The molecule has 0 saturated carbocycles. The summed E-state index contributed by atoms with van der Waals surface area (Å²) in [5.74, 6) is 1.67. The maximum Gasteiger partial charge on any atom is 0.219 e. The SMILES string of the molecule is CCOc1ccc(Oc2ccc3cc(CC=O)ccc3n2)c(Cl)c1. The minimum absolute atomic E-state index is 0.399. The smallest absolute Gasteiger partial charge is 0.219 e. The molecule has 0 atom stereocenters. The molecule has 5 heteroatoms. The van der Waals surface area contributed by atoms with E-state index in [1.165, 1.54) is 0 Å². The molecule has 0 fully saturated rings. The molecular weight excluding hydrogens is 326 g/mol. The number of hydrogen-bond acceptors (Lipinski definition) is 4. The summed E-state index contributed by atoms with van der Waals surface area (Å²) in [6.45, 7) is 2.49. The third kappa shape index (κ3) is 3.66.